The molecule has 33 heavy (non-hydrogen) atoms. The Bertz CT molecular complexity index is 1200. The topological polar surface area (TPSA) is 60.2 Å². The van der Waals surface area contributed by atoms with E-state index in [9.17, 15) is 18.0 Å². The van der Waals surface area contributed by atoms with Gasteiger partial charge < -0.3 is 9.64 Å². The average Bonchev–Trinajstić information content (AvgIpc) is 3.43. The molecule has 0 saturated carbocycles. The summed E-state index contributed by atoms with van der Waals surface area (Å²) in [5.41, 5.74) is 2.88. The summed E-state index contributed by atoms with van der Waals surface area (Å²) in [6, 6.07) is 10.9. The number of ether oxygens (including phenoxy) is 1. The largest absolute Gasteiger partial charge is 0.444 e. The zero-order chi connectivity index (χ0) is 23.8. The summed E-state index contributed by atoms with van der Waals surface area (Å²) in [4.78, 5) is 18.6. The SMILES string of the molecule is CC(C)(C)OC(=O)N1CC=C(c2cc(-c3ccc(F)cc3)nc(-c3ccn(C(F)F)n3)c2)C1. The lowest BCUT2D eigenvalue weighted by atomic mass is 10.0. The summed E-state index contributed by atoms with van der Waals surface area (Å²) in [5.74, 6) is -0.377. The predicted molar refractivity (Wildman–Crippen MR) is 118 cm³/mol. The van der Waals surface area contributed by atoms with Crippen molar-refractivity contribution >= 4 is 11.7 Å². The van der Waals surface area contributed by atoms with Crippen molar-refractivity contribution in [1.82, 2.24) is 19.7 Å². The Balaban J connectivity index is 1.69. The minimum Gasteiger partial charge on any atom is -0.444 e. The fraction of sp³-hybridized carbons (Fsp3) is 0.292. The van der Waals surface area contributed by atoms with E-state index in [1.807, 2.05) is 12.1 Å². The Morgan fingerprint density at radius 2 is 1.73 bits per heavy atom. The van der Waals surface area contributed by atoms with Gasteiger partial charge in [0.25, 0.3) is 0 Å². The van der Waals surface area contributed by atoms with Crippen LogP contribution in [0.1, 0.15) is 32.9 Å². The summed E-state index contributed by atoms with van der Waals surface area (Å²) in [7, 11) is 0. The number of carbonyl (C=O) groups is 1. The van der Waals surface area contributed by atoms with Gasteiger partial charge in [-0.3, -0.25) is 0 Å². The number of hydrogen-bond acceptors (Lipinski definition) is 4. The van der Waals surface area contributed by atoms with E-state index in [1.165, 1.54) is 24.4 Å². The van der Waals surface area contributed by atoms with Gasteiger partial charge in [0.1, 0.15) is 17.1 Å². The molecule has 3 aromatic rings. The second kappa shape index (κ2) is 8.73. The number of amides is 1. The summed E-state index contributed by atoms with van der Waals surface area (Å²) >= 11 is 0. The predicted octanol–water partition coefficient (Wildman–Crippen LogP) is 5.78. The van der Waals surface area contributed by atoms with Crippen LogP contribution in [0.3, 0.4) is 0 Å². The first-order valence-corrected chi connectivity index (χ1v) is 10.4. The van der Waals surface area contributed by atoms with Crippen molar-refractivity contribution in [2.75, 3.05) is 13.1 Å². The summed E-state index contributed by atoms with van der Waals surface area (Å²) in [5, 5.41) is 3.92. The van der Waals surface area contributed by atoms with Crippen molar-refractivity contribution in [2.24, 2.45) is 0 Å². The minimum absolute atomic E-state index is 0.281. The van der Waals surface area contributed by atoms with Gasteiger partial charge in [0.15, 0.2) is 0 Å². The highest BCUT2D eigenvalue weighted by Gasteiger charge is 2.26. The Labute approximate surface area is 189 Å². The molecule has 4 rings (SSSR count). The van der Waals surface area contributed by atoms with E-state index in [4.69, 9.17) is 4.74 Å². The third kappa shape index (κ3) is 5.24. The highest BCUT2D eigenvalue weighted by Crippen LogP contribution is 2.30. The van der Waals surface area contributed by atoms with Crippen LogP contribution < -0.4 is 0 Å². The molecule has 0 atom stereocenters. The highest BCUT2D eigenvalue weighted by molar-refractivity contribution is 5.80. The van der Waals surface area contributed by atoms with Crippen molar-refractivity contribution < 1.29 is 22.7 Å². The monoisotopic (exact) mass is 456 g/mol. The molecular weight excluding hydrogens is 433 g/mol. The van der Waals surface area contributed by atoms with Gasteiger partial charge in [0.05, 0.1) is 11.4 Å². The molecule has 9 heteroatoms. The van der Waals surface area contributed by atoms with Crippen molar-refractivity contribution in [3.8, 4) is 22.6 Å². The highest BCUT2D eigenvalue weighted by atomic mass is 19.3. The first kappa shape index (κ1) is 22.6. The average molecular weight is 456 g/mol. The second-order valence-corrected chi connectivity index (χ2v) is 8.68. The Hall–Kier alpha value is -3.62. The van der Waals surface area contributed by atoms with Gasteiger partial charge in [-0.25, -0.2) is 18.9 Å². The fourth-order valence-electron chi connectivity index (χ4n) is 3.43. The lowest BCUT2D eigenvalue weighted by Crippen LogP contribution is -2.35. The Morgan fingerprint density at radius 1 is 1.03 bits per heavy atom. The quantitative estimate of drug-likeness (QED) is 0.499. The number of hydrogen-bond donors (Lipinski definition) is 0. The van der Waals surface area contributed by atoms with Crippen LogP contribution in [0.15, 0.2) is 54.7 Å². The molecule has 1 aromatic carbocycles. The number of alkyl halides is 2. The van der Waals surface area contributed by atoms with Crippen LogP contribution in [0.4, 0.5) is 18.0 Å². The molecule has 0 unspecified atom stereocenters. The van der Waals surface area contributed by atoms with Gasteiger partial charge in [0, 0.05) is 24.8 Å². The molecule has 0 aliphatic carbocycles. The molecule has 0 radical (unpaired) electrons. The summed E-state index contributed by atoms with van der Waals surface area (Å²) in [6.45, 7) is 3.35. The van der Waals surface area contributed by atoms with Crippen LogP contribution in [-0.4, -0.2) is 44.4 Å². The smallest absolute Gasteiger partial charge is 0.410 e. The molecule has 6 nitrogen and oxygen atoms in total. The van der Waals surface area contributed by atoms with E-state index >= 15 is 0 Å². The van der Waals surface area contributed by atoms with E-state index < -0.39 is 18.2 Å². The van der Waals surface area contributed by atoms with Crippen LogP contribution in [-0.2, 0) is 4.74 Å². The molecule has 1 aliphatic heterocycles. The maximum absolute atomic E-state index is 13.4. The van der Waals surface area contributed by atoms with Gasteiger partial charge in [-0.05, 0) is 74.4 Å². The van der Waals surface area contributed by atoms with E-state index in [0.29, 0.717) is 34.7 Å². The van der Waals surface area contributed by atoms with Crippen molar-refractivity contribution in [2.45, 2.75) is 32.9 Å². The second-order valence-electron chi connectivity index (χ2n) is 8.68. The lowest BCUT2D eigenvalue weighted by Gasteiger charge is -2.24. The van der Waals surface area contributed by atoms with E-state index in [2.05, 4.69) is 10.1 Å². The van der Waals surface area contributed by atoms with Gasteiger partial charge in [0.2, 0.25) is 0 Å². The van der Waals surface area contributed by atoms with Crippen LogP contribution in [0.25, 0.3) is 28.2 Å². The third-order valence-electron chi connectivity index (χ3n) is 4.98. The standard InChI is InChI=1S/C24H23F3N4O2/c1-24(2,3)33-23(32)30-10-8-16(14-30)17-12-20(15-4-6-18(25)7-5-15)28-21(13-17)19-9-11-31(29-19)22(26)27/h4-9,11-13,22H,10,14H2,1-3H3. The number of halogens is 3. The normalized spacial score (nSPS) is 14.0. The molecule has 0 saturated heterocycles. The third-order valence-corrected chi connectivity index (χ3v) is 4.98. The molecule has 0 spiro atoms. The molecule has 3 heterocycles. The van der Waals surface area contributed by atoms with Gasteiger partial charge in [-0.2, -0.15) is 13.9 Å². The maximum Gasteiger partial charge on any atom is 0.410 e. The molecule has 1 aliphatic rings. The number of nitrogens with zero attached hydrogens (tertiary/aromatic N) is 4. The fourth-order valence-corrected chi connectivity index (χ4v) is 3.43. The van der Waals surface area contributed by atoms with Gasteiger partial charge in [-0.1, -0.05) is 6.08 Å². The zero-order valence-corrected chi connectivity index (χ0v) is 18.4. The summed E-state index contributed by atoms with van der Waals surface area (Å²) in [6.07, 6.45) is 2.68. The molecule has 1 amide bonds. The van der Waals surface area contributed by atoms with Crippen LogP contribution in [0, 0.1) is 5.82 Å². The lowest BCUT2D eigenvalue weighted by molar-refractivity contribution is 0.0306. The Kier molecular flexibility index (Phi) is 5.97. The first-order chi connectivity index (χ1) is 15.6. The molecule has 0 N–H and O–H groups in total. The number of benzene rings is 1. The van der Waals surface area contributed by atoms with Gasteiger partial charge in [-0.15, -0.1) is 0 Å². The number of carbonyl (C=O) groups excluding carboxylic acids is 1. The number of aromatic nitrogens is 3. The molecule has 0 bridgehead atoms. The first-order valence-electron chi connectivity index (χ1n) is 10.4. The number of rotatable bonds is 4. The van der Waals surface area contributed by atoms with E-state index in [0.717, 1.165) is 11.1 Å². The molecule has 2 aromatic heterocycles. The Morgan fingerprint density at radius 3 is 2.36 bits per heavy atom. The van der Waals surface area contributed by atoms with Crippen molar-refractivity contribution in [1.29, 1.82) is 0 Å². The van der Waals surface area contributed by atoms with Crippen molar-refractivity contribution in [3.05, 3.63) is 66.1 Å². The van der Waals surface area contributed by atoms with E-state index in [1.54, 1.807) is 43.9 Å². The van der Waals surface area contributed by atoms with Crippen molar-refractivity contribution in [3.63, 3.8) is 0 Å². The molecular formula is C24H23F3N4O2. The van der Waals surface area contributed by atoms with E-state index in [-0.39, 0.29) is 11.5 Å². The summed E-state index contributed by atoms with van der Waals surface area (Å²) < 4.78 is 45.5. The number of pyridine rings is 1. The maximum atomic E-state index is 13.4. The van der Waals surface area contributed by atoms with Gasteiger partial charge >= 0.3 is 12.6 Å². The minimum atomic E-state index is -2.77. The zero-order valence-electron chi connectivity index (χ0n) is 18.4. The van der Waals surface area contributed by atoms with Crippen LogP contribution in [0.5, 0.6) is 0 Å². The van der Waals surface area contributed by atoms with Crippen LogP contribution in [0.2, 0.25) is 0 Å². The van der Waals surface area contributed by atoms with Crippen LogP contribution >= 0.6 is 0 Å². The molecule has 0 fully saturated rings. The molecule has 172 valence electrons.